The number of halogens is 5. The molecule has 0 radical (unpaired) electrons. The first-order valence-electron chi connectivity index (χ1n) is 4.20. The lowest BCUT2D eigenvalue weighted by Gasteiger charge is -2.40. The molecule has 0 amide bonds. The molecule has 2 nitrogen and oxygen atoms in total. The third kappa shape index (κ3) is 3.53. The van der Waals surface area contributed by atoms with E-state index in [1.165, 1.54) is 0 Å². The Kier molecular flexibility index (Phi) is 2.64. The van der Waals surface area contributed by atoms with Crippen LogP contribution >= 0.6 is 10.2 Å². The minimum Gasteiger partial charge on any atom is -0.492 e. The molecule has 2 N–H and O–H groups in total. The molecule has 0 aromatic heterocycles. The molecule has 8 heteroatoms. The van der Waals surface area contributed by atoms with Crippen molar-refractivity contribution in [3.63, 3.8) is 0 Å². The van der Waals surface area contributed by atoms with Crippen LogP contribution in [0.1, 0.15) is 0 Å². The second-order valence-corrected chi connectivity index (χ2v) is 5.49. The van der Waals surface area contributed by atoms with E-state index in [0.29, 0.717) is 12.1 Å². The van der Waals surface area contributed by atoms with Crippen molar-refractivity contribution in [1.29, 1.82) is 0 Å². The molecule has 94 valence electrons. The highest BCUT2D eigenvalue weighted by molar-refractivity contribution is 8.45. The van der Waals surface area contributed by atoms with Crippen LogP contribution in [0.3, 0.4) is 0 Å². The molecule has 0 aliphatic heterocycles. The van der Waals surface area contributed by atoms with Crippen LogP contribution in [0.15, 0.2) is 29.2 Å². The van der Waals surface area contributed by atoms with Crippen molar-refractivity contribution in [2.24, 2.45) is 5.73 Å². The molecular weight excluding hydrogens is 253 g/mol. The molecule has 0 atom stereocenters. The van der Waals surface area contributed by atoms with Gasteiger partial charge in [-0.25, -0.2) is 0 Å². The first kappa shape index (κ1) is 13.0. The molecule has 0 aliphatic carbocycles. The van der Waals surface area contributed by atoms with E-state index in [-0.39, 0.29) is 18.9 Å². The highest BCUT2D eigenvalue weighted by atomic mass is 32.5. The van der Waals surface area contributed by atoms with Gasteiger partial charge >= 0.3 is 10.2 Å². The number of rotatable bonds is 4. The van der Waals surface area contributed by atoms with E-state index in [1.54, 1.807) is 0 Å². The largest absolute Gasteiger partial charge is 0.492 e. The minimum absolute atomic E-state index is 0.0658. The summed E-state index contributed by atoms with van der Waals surface area (Å²) in [6, 6.07) is 2.27. The first-order chi connectivity index (χ1) is 7.03. The van der Waals surface area contributed by atoms with Gasteiger partial charge in [-0.3, -0.25) is 0 Å². The maximum absolute atomic E-state index is 12.3. The summed E-state index contributed by atoms with van der Waals surface area (Å²) in [6.07, 6.45) is 0. The summed E-state index contributed by atoms with van der Waals surface area (Å²) in [5, 5.41) is 0. The molecule has 0 saturated carbocycles. The topological polar surface area (TPSA) is 35.2 Å². The van der Waals surface area contributed by atoms with Crippen LogP contribution in [0.25, 0.3) is 0 Å². The van der Waals surface area contributed by atoms with Gasteiger partial charge in [0, 0.05) is 6.54 Å². The van der Waals surface area contributed by atoms with E-state index >= 15 is 0 Å². The Labute approximate surface area is 88.9 Å². The van der Waals surface area contributed by atoms with Gasteiger partial charge in [-0.1, -0.05) is 19.4 Å². The molecule has 0 saturated heterocycles. The smallest absolute Gasteiger partial charge is 0.310 e. The van der Waals surface area contributed by atoms with Crippen molar-refractivity contribution in [3.8, 4) is 5.75 Å². The zero-order valence-electron chi connectivity index (χ0n) is 8.01. The fraction of sp³-hybridized carbons (Fsp3) is 0.250. The van der Waals surface area contributed by atoms with E-state index in [9.17, 15) is 19.4 Å². The molecule has 0 fully saturated rings. The second-order valence-electron chi connectivity index (χ2n) is 3.08. The lowest BCUT2D eigenvalue weighted by atomic mass is 10.3. The molecule has 0 aliphatic rings. The fourth-order valence-electron chi connectivity index (χ4n) is 0.970. The predicted molar refractivity (Wildman–Crippen MR) is 52.4 cm³/mol. The Bertz CT molecular complexity index is 373. The predicted octanol–water partition coefficient (Wildman–Crippen LogP) is 3.68. The average molecular weight is 263 g/mol. The van der Waals surface area contributed by atoms with Gasteiger partial charge in [-0.2, -0.15) is 0 Å². The Balaban J connectivity index is 2.97. The monoisotopic (exact) mass is 263 g/mol. The quantitative estimate of drug-likeness (QED) is 0.841. The number of ether oxygens (including phenoxy) is 1. The van der Waals surface area contributed by atoms with Gasteiger partial charge in [-0.15, -0.1) is 0 Å². The number of nitrogens with two attached hydrogens (primary N) is 1. The summed E-state index contributed by atoms with van der Waals surface area (Å²) in [6.45, 7) is 0.291. The Morgan fingerprint density at radius 1 is 1.00 bits per heavy atom. The first-order valence-corrected chi connectivity index (χ1v) is 6.15. The standard InChI is InChI=1S/C8H10F5NOS/c9-16(10,11,12,13)8-3-1-7(2-4-8)15-6-5-14/h1-4H,5-6,14H2. The van der Waals surface area contributed by atoms with Crippen molar-refractivity contribution in [3.05, 3.63) is 24.3 Å². The molecule has 0 heterocycles. The molecule has 0 bridgehead atoms. The minimum atomic E-state index is -9.57. The maximum atomic E-state index is 12.3. The van der Waals surface area contributed by atoms with Gasteiger partial charge < -0.3 is 10.5 Å². The van der Waals surface area contributed by atoms with Crippen LogP contribution in [0, 0.1) is 0 Å². The Morgan fingerprint density at radius 3 is 1.88 bits per heavy atom. The number of hydrogen-bond donors (Lipinski definition) is 1. The van der Waals surface area contributed by atoms with Crippen molar-refractivity contribution in [2.45, 2.75) is 4.90 Å². The average Bonchev–Trinajstić information content (AvgIpc) is 2.12. The zero-order chi connectivity index (χ0) is 12.5. The van der Waals surface area contributed by atoms with Crippen molar-refractivity contribution in [1.82, 2.24) is 0 Å². The number of hydrogen-bond acceptors (Lipinski definition) is 2. The van der Waals surface area contributed by atoms with Gasteiger partial charge in [-0.05, 0) is 24.3 Å². The van der Waals surface area contributed by atoms with Crippen LogP contribution in [-0.4, -0.2) is 13.2 Å². The van der Waals surface area contributed by atoms with Crippen molar-refractivity contribution in [2.75, 3.05) is 13.2 Å². The van der Waals surface area contributed by atoms with Gasteiger partial charge in [0.25, 0.3) is 0 Å². The maximum Gasteiger partial charge on any atom is 0.310 e. The van der Waals surface area contributed by atoms with Crippen LogP contribution in [-0.2, 0) is 0 Å². The molecule has 0 spiro atoms. The van der Waals surface area contributed by atoms with Crippen molar-refractivity contribution < 1.29 is 24.2 Å². The summed E-state index contributed by atoms with van der Waals surface area (Å²) in [4.78, 5) is -1.93. The molecular formula is C8H10F5NOS. The summed E-state index contributed by atoms with van der Waals surface area (Å²) >= 11 is 0. The zero-order valence-corrected chi connectivity index (χ0v) is 8.82. The van der Waals surface area contributed by atoms with E-state index in [1.807, 2.05) is 0 Å². The highest BCUT2D eigenvalue weighted by Gasteiger charge is 2.65. The van der Waals surface area contributed by atoms with E-state index in [4.69, 9.17) is 10.5 Å². The molecule has 0 unspecified atom stereocenters. The summed E-state index contributed by atoms with van der Waals surface area (Å²) < 4.78 is 66.2. The molecule has 16 heavy (non-hydrogen) atoms. The van der Waals surface area contributed by atoms with Crippen LogP contribution < -0.4 is 10.5 Å². The lowest BCUT2D eigenvalue weighted by Crippen LogP contribution is -2.11. The lowest BCUT2D eigenvalue weighted by molar-refractivity contribution is 0.327. The summed E-state index contributed by atoms with van der Waals surface area (Å²) in [5.74, 6) is 0.0658. The van der Waals surface area contributed by atoms with E-state index in [0.717, 1.165) is 12.1 Å². The van der Waals surface area contributed by atoms with Gasteiger partial charge in [0.1, 0.15) is 17.3 Å². The Morgan fingerprint density at radius 2 is 1.50 bits per heavy atom. The highest BCUT2D eigenvalue weighted by Crippen LogP contribution is 3.02. The normalized spacial score (nSPS) is 16.4. The van der Waals surface area contributed by atoms with Gasteiger partial charge in [0.05, 0.1) is 0 Å². The van der Waals surface area contributed by atoms with Crippen LogP contribution in [0.2, 0.25) is 0 Å². The molecule has 1 aromatic rings. The van der Waals surface area contributed by atoms with Gasteiger partial charge in [0.2, 0.25) is 0 Å². The Hall–Kier alpha value is -1.02. The summed E-state index contributed by atoms with van der Waals surface area (Å²) in [7, 11) is -9.57. The third-order valence-electron chi connectivity index (χ3n) is 1.66. The molecule has 1 aromatic carbocycles. The second kappa shape index (κ2) is 3.24. The third-order valence-corrected chi connectivity index (χ3v) is 2.82. The molecule has 1 rings (SSSR count). The SMILES string of the molecule is NCCOc1ccc(S(F)(F)(F)(F)F)cc1. The van der Waals surface area contributed by atoms with Crippen LogP contribution in [0.5, 0.6) is 5.75 Å². The summed E-state index contributed by atoms with van der Waals surface area (Å²) in [5.41, 5.74) is 5.10. The number of benzene rings is 1. The van der Waals surface area contributed by atoms with Crippen LogP contribution in [0.4, 0.5) is 19.4 Å². The van der Waals surface area contributed by atoms with Gasteiger partial charge in [0.15, 0.2) is 0 Å². The fourth-order valence-corrected chi connectivity index (χ4v) is 1.62. The van der Waals surface area contributed by atoms with E-state index in [2.05, 4.69) is 0 Å². The van der Waals surface area contributed by atoms with E-state index < -0.39 is 15.1 Å². The van der Waals surface area contributed by atoms with Crippen molar-refractivity contribution >= 4 is 10.2 Å².